The van der Waals surface area contributed by atoms with E-state index in [0.717, 1.165) is 28.0 Å². The number of aliphatic hydroxyl groups excluding tert-OH is 1. The molecule has 180 valence electrons. The van der Waals surface area contributed by atoms with Crippen LogP contribution in [0, 0.1) is 13.8 Å². The number of methoxy groups -OCH3 is 1. The highest BCUT2D eigenvalue weighted by atomic mass is 16.5. The van der Waals surface area contributed by atoms with Crippen molar-refractivity contribution in [3.8, 4) is 5.75 Å². The lowest BCUT2D eigenvalue weighted by atomic mass is 9.90. The molecule has 1 saturated heterocycles. The molecule has 1 atom stereocenters. The normalized spacial score (nSPS) is 17.3. The third-order valence-corrected chi connectivity index (χ3v) is 6.54. The first-order valence-corrected chi connectivity index (χ1v) is 11.7. The van der Waals surface area contributed by atoms with Crippen LogP contribution in [0.15, 0.2) is 66.4 Å². The fourth-order valence-electron chi connectivity index (χ4n) is 4.65. The molecule has 1 fully saturated rings. The number of amides is 1. The molecule has 6 nitrogen and oxygen atoms in total. The summed E-state index contributed by atoms with van der Waals surface area (Å²) in [7, 11) is 1.61. The van der Waals surface area contributed by atoms with Gasteiger partial charge in [-0.15, -0.1) is 0 Å². The summed E-state index contributed by atoms with van der Waals surface area (Å²) >= 11 is 0. The van der Waals surface area contributed by atoms with Crippen LogP contribution in [0.4, 0.5) is 0 Å². The molecule has 1 unspecified atom stereocenters. The Kier molecular flexibility index (Phi) is 6.74. The van der Waals surface area contributed by atoms with E-state index < -0.39 is 17.7 Å². The zero-order chi connectivity index (χ0) is 25.3. The predicted octanol–water partition coefficient (Wildman–Crippen LogP) is 5.45. The number of likely N-dealkylation sites (tertiary alicyclic amines) is 1. The second kappa shape index (κ2) is 9.74. The molecule has 0 spiro atoms. The van der Waals surface area contributed by atoms with Gasteiger partial charge in [-0.2, -0.15) is 0 Å². The number of aliphatic hydroxyl groups is 1. The number of aromatic nitrogens is 1. The zero-order valence-corrected chi connectivity index (χ0v) is 20.7. The van der Waals surface area contributed by atoms with Crippen molar-refractivity contribution in [3.05, 3.63) is 99.9 Å². The molecule has 3 aromatic rings. The van der Waals surface area contributed by atoms with E-state index in [1.54, 1.807) is 19.4 Å². The van der Waals surface area contributed by atoms with Gasteiger partial charge in [-0.05, 0) is 66.3 Å². The first-order chi connectivity index (χ1) is 16.7. The fraction of sp³-hybridized carbons (Fsp3) is 0.276. The van der Waals surface area contributed by atoms with Gasteiger partial charge in [-0.1, -0.05) is 44.2 Å². The quantitative estimate of drug-likeness (QED) is 0.294. The number of nitrogens with zero attached hydrogens (tertiary/aromatic N) is 2. The molecule has 35 heavy (non-hydrogen) atoms. The van der Waals surface area contributed by atoms with E-state index >= 15 is 0 Å². The summed E-state index contributed by atoms with van der Waals surface area (Å²) in [6.07, 6.45) is 1.66. The summed E-state index contributed by atoms with van der Waals surface area (Å²) in [4.78, 5) is 32.6. The Morgan fingerprint density at radius 2 is 1.77 bits per heavy atom. The Morgan fingerprint density at radius 3 is 2.40 bits per heavy atom. The second-order valence-electron chi connectivity index (χ2n) is 9.17. The van der Waals surface area contributed by atoms with Crippen molar-refractivity contribution >= 4 is 17.4 Å². The zero-order valence-electron chi connectivity index (χ0n) is 20.7. The van der Waals surface area contributed by atoms with Crippen LogP contribution < -0.4 is 4.74 Å². The van der Waals surface area contributed by atoms with Crippen LogP contribution in [0.3, 0.4) is 0 Å². The summed E-state index contributed by atoms with van der Waals surface area (Å²) in [5, 5.41) is 11.6. The summed E-state index contributed by atoms with van der Waals surface area (Å²) < 4.78 is 5.54. The van der Waals surface area contributed by atoms with E-state index in [2.05, 4.69) is 4.98 Å². The standard InChI is InChI=1S/C29H30N2O4/c1-17(2)22-15-23(19(4)14-24(22)35-5)27(32)25-26(21-12-7-6-10-18(21)3)31(29(34)28(25)33)16-20-11-8-9-13-30-20/h6-15,17,26,32H,16H2,1-5H3/b27-25+. The number of aryl methyl sites for hydroxylation is 2. The molecule has 1 aliphatic rings. The van der Waals surface area contributed by atoms with E-state index in [0.29, 0.717) is 11.3 Å². The molecule has 0 bridgehead atoms. The fourth-order valence-corrected chi connectivity index (χ4v) is 4.65. The monoisotopic (exact) mass is 470 g/mol. The molecule has 2 aromatic carbocycles. The highest BCUT2D eigenvalue weighted by Crippen LogP contribution is 2.42. The Labute approximate surface area is 205 Å². The minimum Gasteiger partial charge on any atom is -0.507 e. The maximum atomic E-state index is 13.4. The molecule has 1 N–H and O–H groups in total. The number of pyridine rings is 1. The first kappa shape index (κ1) is 24.2. The molecule has 6 heteroatoms. The SMILES string of the molecule is COc1cc(C)c(/C(O)=C2\C(=O)C(=O)N(Cc3ccccn3)C2c2ccccc2C)cc1C(C)C. The molecule has 1 aromatic heterocycles. The number of hydrogen-bond acceptors (Lipinski definition) is 5. The highest BCUT2D eigenvalue weighted by molar-refractivity contribution is 6.46. The summed E-state index contributed by atoms with van der Waals surface area (Å²) in [5.74, 6) is -0.674. The van der Waals surface area contributed by atoms with Gasteiger partial charge in [0.05, 0.1) is 31.0 Å². The topological polar surface area (TPSA) is 79.7 Å². The van der Waals surface area contributed by atoms with Crippen molar-refractivity contribution in [3.63, 3.8) is 0 Å². The Hall–Kier alpha value is -3.93. The average molecular weight is 471 g/mol. The van der Waals surface area contributed by atoms with Crippen molar-refractivity contribution in [1.82, 2.24) is 9.88 Å². The number of hydrogen-bond donors (Lipinski definition) is 1. The van der Waals surface area contributed by atoms with Crippen molar-refractivity contribution < 1.29 is 19.4 Å². The van der Waals surface area contributed by atoms with Gasteiger partial charge in [0.25, 0.3) is 11.7 Å². The lowest BCUT2D eigenvalue weighted by molar-refractivity contribution is -0.140. The van der Waals surface area contributed by atoms with Crippen molar-refractivity contribution in [1.29, 1.82) is 0 Å². The van der Waals surface area contributed by atoms with Crippen LogP contribution in [0.5, 0.6) is 5.75 Å². The third-order valence-electron chi connectivity index (χ3n) is 6.54. The molecule has 1 aliphatic heterocycles. The second-order valence-corrected chi connectivity index (χ2v) is 9.17. The molecule has 1 amide bonds. The van der Waals surface area contributed by atoms with Crippen LogP contribution in [-0.2, 0) is 16.1 Å². The van der Waals surface area contributed by atoms with Gasteiger partial charge in [-0.3, -0.25) is 14.6 Å². The third kappa shape index (κ3) is 4.44. The number of carbonyl (C=O) groups excluding carboxylic acids is 2. The summed E-state index contributed by atoms with van der Waals surface area (Å²) in [6.45, 7) is 8.02. The van der Waals surface area contributed by atoms with Gasteiger partial charge in [0.2, 0.25) is 0 Å². The number of carbonyl (C=O) groups is 2. The van der Waals surface area contributed by atoms with Crippen LogP contribution >= 0.6 is 0 Å². The van der Waals surface area contributed by atoms with Gasteiger partial charge < -0.3 is 14.7 Å². The van der Waals surface area contributed by atoms with Crippen molar-refractivity contribution in [2.45, 2.75) is 46.2 Å². The Morgan fingerprint density at radius 1 is 1.06 bits per heavy atom. The van der Waals surface area contributed by atoms with E-state index in [1.807, 2.05) is 76.2 Å². The van der Waals surface area contributed by atoms with Crippen LogP contribution in [0.25, 0.3) is 5.76 Å². The number of ketones is 1. The Balaban J connectivity index is 1.94. The molecular weight excluding hydrogens is 440 g/mol. The molecule has 0 radical (unpaired) electrons. The Bertz CT molecular complexity index is 1310. The van der Waals surface area contributed by atoms with Gasteiger partial charge in [0.1, 0.15) is 11.5 Å². The van der Waals surface area contributed by atoms with Crippen LogP contribution in [0.1, 0.15) is 59.3 Å². The average Bonchev–Trinajstić information content (AvgIpc) is 3.09. The molecule has 0 aliphatic carbocycles. The molecular formula is C29H30N2O4. The van der Waals surface area contributed by atoms with E-state index in [-0.39, 0.29) is 23.8 Å². The highest BCUT2D eigenvalue weighted by Gasteiger charge is 2.46. The molecule has 2 heterocycles. The maximum absolute atomic E-state index is 13.4. The molecule has 0 saturated carbocycles. The lowest BCUT2D eigenvalue weighted by Gasteiger charge is -2.26. The van der Waals surface area contributed by atoms with Crippen molar-refractivity contribution in [2.24, 2.45) is 0 Å². The van der Waals surface area contributed by atoms with E-state index in [4.69, 9.17) is 4.74 Å². The summed E-state index contributed by atoms with van der Waals surface area (Å²) in [5.41, 5.74) is 4.64. The largest absolute Gasteiger partial charge is 0.507 e. The molecule has 4 rings (SSSR count). The number of rotatable bonds is 6. The van der Waals surface area contributed by atoms with Gasteiger partial charge in [0, 0.05) is 11.8 Å². The van der Waals surface area contributed by atoms with Crippen LogP contribution in [0.2, 0.25) is 0 Å². The van der Waals surface area contributed by atoms with Gasteiger partial charge in [0.15, 0.2) is 0 Å². The number of Topliss-reactive ketones (excluding diaryl/α,β-unsaturated/α-hetero) is 1. The minimum atomic E-state index is -0.734. The van der Waals surface area contributed by atoms with E-state index in [9.17, 15) is 14.7 Å². The van der Waals surface area contributed by atoms with Crippen LogP contribution in [-0.4, -0.2) is 33.8 Å². The maximum Gasteiger partial charge on any atom is 0.296 e. The van der Waals surface area contributed by atoms with E-state index in [1.165, 1.54) is 4.90 Å². The summed E-state index contributed by atoms with van der Waals surface area (Å²) in [6, 6.07) is 16.1. The first-order valence-electron chi connectivity index (χ1n) is 11.7. The predicted molar refractivity (Wildman–Crippen MR) is 135 cm³/mol. The van der Waals surface area contributed by atoms with Gasteiger partial charge >= 0.3 is 0 Å². The van der Waals surface area contributed by atoms with Crippen molar-refractivity contribution in [2.75, 3.05) is 7.11 Å². The van der Waals surface area contributed by atoms with Gasteiger partial charge in [-0.25, -0.2) is 0 Å². The minimum absolute atomic E-state index is 0.0863. The number of ether oxygens (including phenoxy) is 1. The smallest absolute Gasteiger partial charge is 0.296 e. The lowest BCUT2D eigenvalue weighted by Crippen LogP contribution is -2.29. The number of benzene rings is 2.